The van der Waals surface area contributed by atoms with Gasteiger partial charge in [-0.2, -0.15) is 0 Å². The fourth-order valence-electron chi connectivity index (χ4n) is 2.25. The Labute approximate surface area is 85.2 Å². The third-order valence-corrected chi connectivity index (χ3v) is 3.44. The van der Waals surface area contributed by atoms with E-state index in [9.17, 15) is 4.39 Å². The second-order valence-electron chi connectivity index (χ2n) is 4.79. The fourth-order valence-corrected chi connectivity index (χ4v) is 2.25. The van der Waals surface area contributed by atoms with Crippen molar-refractivity contribution in [1.82, 2.24) is 5.32 Å². The van der Waals surface area contributed by atoms with Gasteiger partial charge in [-0.1, -0.05) is 0 Å². The zero-order chi connectivity index (χ0) is 10.0. The van der Waals surface area contributed by atoms with Crippen molar-refractivity contribution in [1.29, 1.82) is 0 Å². The van der Waals surface area contributed by atoms with Crippen molar-refractivity contribution < 1.29 is 9.13 Å². The lowest BCUT2D eigenvalue weighted by atomic mass is 9.82. The molecule has 2 fully saturated rings. The zero-order valence-electron chi connectivity index (χ0n) is 8.89. The highest BCUT2D eigenvalue weighted by molar-refractivity contribution is 4.91. The van der Waals surface area contributed by atoms with E-state index < -0.39 is 5.67 Å². The van der Waals surface area contributed by atoms with Crippen LogP contribution in [0.2, 0.25) is 0 Å². The minimum atomic E-state index is -0.887. The number of hydrogen-bond acceptors (Lipinski definition) is 2. The van der Waals surface area contributed by atoms with Crippen molar-refractivity contribution in [2.24, 2.45) is 0 Å². The third-order valence-electron chi connectivity index (χ3n) is 3.44. The SMILES string of the molecule is CC1CC(NCC2(F)CCC2)CCO1. The molecular weight excluding hydrogens is 181 g/mol. The second-order valence-corrected chi connectivity index (χ2v) is 4.79. The van der Waals surface area contributed by atoms with Crippen LogP contribution in [-0.2, 0) is 4.74 Å². The van der Waals surface area contributed by atoms with Crippen LogP contribution < -0.4 is 5.32 Å². The van der Waals surface area contributed by atoms with Crippen molar-refractivity contribution in [3.8, 4) is 0 Å². The van der Waals surface area contributed by atoms with Crippen LogP contribution in [0.1, 0.15) is 39.0 Å². The van der Waals surface area contributed by atoms with Crippen molar-refractivity contribution in [3.63, 3.8) is 0 Å². The lowest BCUT2D eigenvalue weighted by molar-refractivity contribution is 0.00373. The summed E-state index contributed by atoms with van der Waals surface area (Å²) in [6, 6.07) is 0.465. The molecule has 2 nitrogen and oxygen atoms in total. The number of hydrogen-bond donors (Lipinski definition) is 1. The van der Waals surface area contributed by atoms with Gasteiger partial charge in [-0.3, -0.25) is 0 Å². The molecule has 1 saturated heterocycles. The quantitative estimate of drug-likeness (QED) is 0.754. The predicted molar refractivity (Wildman–Crippen MR) is 54.1 cm³/mol. The van der Waals surface area contributed by atoms with Crippen molar-refractivity contribution in [3.05, 3.63) is 0 Å². The molecule has 2 unspecified atom stereocenters. The molecule has 0 aromatic heterocycles. The summed E-state index contributed by atoms with van der Waals surface area (Å²) in [5, 5.41) is 3.34. The van der Waals surface area contributed by atoms with Gasteiger partial charge in [0, 0.05) is 19.2 Å². The molecule has 82 valence electrons. The summed E-state index contributed by atoms with van der Waals surface area (Å²) in [4.78, 5) is 0. The molecule has 1 aliphatic carbocycles. The van der Waals surface area contributed by atoms with Crippen LogP contribution in [0.25, 0.3) is 0 Å². The molecule has 0 amide bonds. The van der Waals surface area contributed by atoms with E-state index >= 15 is 0 Å². The van der Waals surface area contributed by atoms with Gasteiger partial charge in [0.25, 0.3) is 0 Å². The van der Waals surface area contributed by atoms with E-state index in [0.29, 0.717) is 18.7 Å². The molecule has 3 heteroatoms. The Bertz CT molecular complexity index is 194. The Morgan fingerprint density at radius 3 is 2.86 bits per heavy atom. The lowest BCUT2D eigenvalue weighted by Gasteiger charge is -2.36. The van der Waals surface area contributed by atoms with Gasteiger partial charge in [0.2, 0.25) is 0 Å². The van der Waals surface area contributed by atoms with Gasteiger partial charge >= 0.3 is 0 Å². The molecule has 1 heterocycles. The summed E-state index contributed by atoms with van der Waals surface area (Å²) < 4.78 is 19.1. The monoisotopic (exact) mass is 201 g/mol. The molecule has 1 saturated carbocycles. The molecule has 0 bridgehead atoms. The third kappa shape index (κ3) is 2.45. The van der Waals surface area contributed by atoms with E-state index in [1.807, 2.05) is 0 Å². The largest absolute Gasteiger partial charge is 0.378 e. The number of nitrogens with one attached hydrogen (secondary N) is 1. The Kier molecular flexibility index (Phi) is 3.07. The first-order valence-electron chi connectivity index (χ1n) is 5.72. The van der Waals surface area contributed by atoms with Crippen LogP contribution in [-0.4, -0.2) is 31.0 Å². The molecule has 1 aliphatic heterocycles. The number of alkyl halides is 1. The summed E-state index contributed by atoms with van der Waals surface area (Å²) in [5.74, 6) is 0. The summed E-state index contributed by atoms with van der Waals surface area (Å²) in [5.41, 5.74) is -0.887. The highest BCUT2D eigenvalue weighted by atomic mass is 19.1. The molecule has 1 N–H and O–H groups in total. The number of halogens is 1. The van der Waals surface area contributed by atoms with E-state index in [1.165, 1.54) is 0 Å². The molecule has 2 rings (SSSR count). The van der Waals surface area contributed by atoms with Gasteiger partial charge in [0.05, 0.1) is 6.10 Å². The Morgan fingerprint density at radius 1 is 1.50 bits per heavy atom. The van der Waals surface area contributed by atoms with E-state index in [0.717, 1.165) is 38.7 Å². The summed E-state index contributed by atoms with van der Waals surface area (Å²) in [6.45, 7) is 3.45. The van der Waals surface area contributed by atoms with Crippen molar-refractivity contribution >= 4 is 0 Å². The molecule has 14 heavy (non-hydrogen) atoms. The Balaban J connectivity index is 1.69. The molecule has 2 atom stereocenters. The second kappa shape index (κ2) is 4.15. The highest BCUT2D eigenvalue weighted by Gasteiger charge is 2.37. The van der Waals surface area contributed by atoms with Gasteiger partial charge in [0.1, 0.15) is 5.67 Å². The minimum Gasteiger partial charge on any atom is -0.378 e. The van der Waals surface area contributed by atoms with Crippen LogP contribution in [0, 0.1) is 0 Å². The summed E-state index contributed by atoms with van der Waals surface area (Å²) >= 11 is 0. The Morgan fingerprint density at radius 2 is 2.29 bits per heavy atom. The number of ether oxygens (including phenoxy) is 1. The summed E-state index contributed by atoms with van der Waals surface area (Å²) in [7, 11) is 0. The Hall–Kier alpha value is -0.150. The van der Waals surface area contributed by atoms with Crippen LogP contribution in [0.15, 0.2) is 0 Å². The topological polar surface area (TPSA) is 21.3 Å². The molecule has 0 aromatic rings. The average Bonchev–Trinajstić information content (AvgIpc) is 2.12. The first-order valence-corrected chi connectivity index (χ1v) is 5.72. The van der Waals surface area contributed by atoms with E-state index in [4.69, 9.17) is 4.74 Å². The zero-order valence-corrected chi connectivity index (χ0v) is 8.89. The molecule has 0 radical (unpaired) electrons. The maximum atomic E-state index is 13.7. The normalized spacial score (nSPS) is 36.4. The van der Waals surface area contributed by atoms with Gasteiger partial charge in [-0.15, -0.1) is 0 Å². The lowest BCUT2D eigenvalue weighted by Crippen LogP contribution is -2.48. The first-order chi connectivity index (χ1) is 6.68. The van der Waals surface area contributed by atoms with Crippen molar-refractivity contribution in [2.45, 2.75) is 56.8 Å². The van der Waals surface area contributed by atoms with E-state index in [1.54, 1.807) is 0 Å². The maximum Gasteiger partial charge on any atom is 0.123 e. The van der Waals surface area contributed by atoms with Crippen LogP contribution in [0.3, 0.4) is 0 Å². The molecule has 0 aromatic carbocycles. The van der Waals surface area contributed by atoms with Gasteiger partial charge < -0.3 is 10.1 Å². The molecular formula is C11H20FNO. The smallest absolute Gasteiger partial charge is 0.123 e. The average molecular weight is 201 g/mol. The molecule has 0 spiro atoms. The first kappa shape index (κ1) is 10.4. The van der Waals surface area contributed by atoms with Crippen LogP contribution in [0.5, 0.6) is 0 Å². The standard InChI is InChI=1S/C11H20FNO/c1-9-7-10(3-6-14-9)13-8-11(12)4-2-5-11/h9-10,13H,2-8H2,1H3. The van der Waals surface area contributed by atoms with E-state index in [2.05, 4.69) is 12.2 Å². The van der Waals surface area contributed by atoms with Gasteiger partial charge in [0.15, 0.2) is 0 Å². The van der Waals surface area contributed by atoms with Crippen LogP contribution in [0.4, 0.5) is 4.39 Å². The van der Waals surface area contributed by atoms with Crippen molar-refractivity contribution in [2.75, 3.05) is 13.2 Å². The fraction of sp³-hybridized carbons (Fsp3) is 1.00. The number of rotatable bonds is 3. The maximum absolute atomic E-state index is 13.7. The van der Waals surface area contributed by atoms with E-state index in [-0.39, 0.29) is 0 Å². The predicted octanol–water partition coefficient (Wildman–Crippen LogP) is 2.04. The van der Waals surface area contributed by atoms with Crippen LogP contribution >= 0.6 is 0 Å². The molecule has 2 aliphatic rings. The minimum absolute atomic E-state index is 0.332. The highest BCUT2D eigenvalue weighted by Crippen LogP contribution is 2.35. The van der Waals surface area contributed by atoms with Gasteiger partial charge in [-0.25, -0.2) is 4.39 Å². The summed E-state index contributed by atoms with van der Waals surface area (Å²) in [6.07, 6.45) is 4.94. The van der Waals surface area contributed by atoms with Gasteiger partial charge in [-0.05, 0) is 39.0 Å².